The Kier molecular flexibility index (Phi) is 5.88. The van der Waals surface area contributed by atoms with E-state index in [4.69, 9.17) is 4.74 Å². The summed E-state index contributed by atoms with van der Waals surface area (Å²) in [6.45, 7) is 3.87. The highest BCUT2D eigenvalue weighted by molar-refractivity contribution is 5.01. The molecule has 0 saturated carbocycles. The topological polar surface area (TPSA) is 47.0 Å². The van der Waals surface area contributed by atoms with Crippen molar-refractivity contribution in [1.82, 2.24) is 15.5 Å². The molecule has 0 aliphatic carbocycles. The maximum absolute atomic E-state index is 5.16. The van der Waals surface area contributed by atoms with Gasteiger partial charge in [0.25, 0.3) is 0 Å². The van der Waals surface area contributed by atoms with Crippen LogP contribution in [0.4, 0.5) is 0 Å². The summed E-state index contributed by atoms with van der Waals surface area (Å²) < 4.78 is 5.16. The van der Waals surface area contributed by atoms with Gasteiger partial charge in [-0.15, -0.1) is 0 Å². The summed E-state index contributed by atoms with van der Waals surface area (Å²) in [5.74, 6) is 0. The second-order valence-electron chi connectivity index (χ2n) is 3.53. The molecule has 0 fully saturated rings. The Morgan fingerprint density at radius 1 is 1.53 bits per heavy atom. The van der Waals surface area contributed by atoms with E-state index in [1.54, 1.807) is 13.3 Å². The smallest absolute Gasteiger partial charge is 0.0647 e. The molecule has 1 rings (SSSR count). The van der Waals surface area contributed by atoms with Gasteiger partial charge in [0.15, 0.2) is 0 Å². The number of methoxy groups -OCH3 is 1. The van der Waals surface area contributed by atoms with Gasteiger partial charge in [0.1, 0.15) is 0 Å². The van der Waals surface area contributed by atoms with Crippen LogP contribution in [0.5, 0.6) is 0 Å². The first-order chi connectivity index (χ1) is 7.36. The molecule has 1 unspecified atom stereocenters. The number of hydrogen-bond donors (Lipinski definition) is 1. The molecule has 0 saturated heterocycles. The van der Waals surface area contributed by atoms with Crippen LogP contribution in [0, 0.1) is 0 Å². The van der Waals surface area contributed by atoms with Crippen molar-refractivity contribution in [3.05, 3.63) is 24.0 Å². The average molecular weight is 209 g/mol. The molecule has 4 nitrogen and oxygen atoms in total. The van der Waals surface area contributed by atoms with Gasteiger partial charge in [-0.25, -0.2) is 0 Å². The van der Waals surface area contributed by atoms with Gasteiger partial charge >= 0.3 is 0 Å². The first-order valence-corrected chi connectivity index (χ1v) is 5.35. The highest BCUT2D eigenvalue weighted by atomic mass is 16.5. The lowest BCUT2D eigenvalue weighted by Gasteiger charge is -2.16. The van der Waals surface area contributed by atoms with Crippen molar-refractivity contribution < 1.29 is 4.74 Å². The van der Waals surface area contributed by atoms with Crippen LogP contribution < -0.4 is 5.32 Å². The third kappa shape index (κ3) is 4.85. The fraction of sp³-hybridized carbons (Fsp3) is 0.636. The number of ether oxygens (including phenoxy) is 1. The van der Waals surface area contributed by atoms with E-state index in [1.807, 2.05) is 12.1 Å². The quantitative estimate of drug-likeness (QED) is 0.728. The van der Waals surface area contributed by atoms with Gasteiger partial charge in [-0.05, 0) is 25.1 Å². The zero-order valence-electron chi connectivity index (χ0n) is 9.44. The Morgan fingerprint density at radius 3 is 3.00 bits per heavy atom. The minimum atomic E-state index is 0.326. The molecule has 0 amide bonds. The van der Waals surface area contributed by atoms with Gasteiger partial charge in [0, 0.05) is 25.8 Å². The van der Waals surface area contributed by atoms with Crippen LogP contribution in [0.1, 0.15) is 19.0 Å². The largest absolute Gasteiger partial charge is 0.383 e. The molecule has 0 bridgehead atoms. The van der Waals surface area contributed by atoms with Gasteiger partial charge < -0.3 is 10.1 Å². The van der Waals surface area contributed by atoms with Gasteiger partial charge in [0.2, 0.25) is 0 Å². The second-order valence-corrected chi connectivity index (χ2v) is 3.53. The van der Waals surface area contributed by atoms with E-state index < -0.39 is 0 Å². The second kappa shape index (κ2) is 7.31. The number of aromatic nitrogens is 2. The zero-order valence-corrected chi connectivity index (χ0v) is 9.44. The minimum Gasteiger partial charge on any atom is -0.383 e. The fourth-order valence-corrected chi connectivity index (χ4v) is 1.43. The molecule has 1 aromatic heterocycles. The van der Waals surface area contributed by atoms with Gasteiger partial charge in [0.05, 0.1) is 12.3 Å². The van der Waals surface area contributed by atoms with Crippen LogP contribution in [0.2, 0.25) is 0 Å². The van der Waals surface area contributed by atoms with E-state index in [9.17, 15) is 0 Å². The van der Waals surface area contributed by atoms with Crippen molar-refractivity contribution in [3.8, 4) is 0 Å². The van der Waals surface area contributed by atoms with Crippen molar-refractivity contribution in [1.29, 1.82) is 0 Å². The Hall–Kier alpha value is -1.00. The number of nitrogens with zero attached hydrogens (tertiary/aromatic N) is 2. The van der Waals surface area contributed by atoms with Crippen LogP contribution in [0.15, 0.2) is 18.3 Å². The first kappa shape index (κ1) is 12.1. The van der Waals surface area contributed by atoms with Crippen molar-refractivity contribution in [2.75, 3.05) is 20.3 Å². The maximum Gasteiger partial charge on any atom is 0.0647 e. The molecule has 0 radical (unpaired) electrons. The van der Waals surface area contributed by atoms with Crippen LogP contribution in [-0.4, -0.2) is 36.5 Å². The van der Waals surface area contributed by atoms with E-state index in [-0.39, 0.29) is 0 Å². The molecule has 4 heteroatoms. The molecule has 0 aromatic carbocycles. The summed E-state index contributed by atoms with van der Waals surface area (Å²) in [7, 11) is 1.72. The molecular formula is C11H19N3O. The molecule has 1 N–H and O–H groups in total. The molecule has 1 atom stereocenters. The fourth-order valence-electron chi connectivity index (χ4n) is 1.43. The Bertz CT molecular complexity index is 253. The van der Waals surface area contributed by atoms with E-state index in [2.05, 4.69) is 22.4 Å². The highest BCUT2D eigenvalue weighted by Crippen LogP contribution is 1.98. The van der Waals surface area contributed by atoms with Gasteiger partial charge in [-0.1, -0.05) is 6.92 Å². The summed E-state index contributed by atoms with van der Waals surface area (Å²) in [5.41, 5.74) is 1.00. The number of nitrogens with one attached hydrogen (secondary N) is 1. The van der Waals surface area contributed by atoms with Crippen LogP contribution in [-0.2, 0) is 11.2 Å². The number of rotatable bonds is 7. The third-order valence-corrected chi connectivity index (χ3v) is 2.13. The normalized spacial score (nSPS) is 12.7. The van der Waals surface area contributed by atoms with Crippen molar-refractivity contribution in [2.45, 2.75) is 25.8 Å². The lowest BCUT2D eigenvalue weighted by atomic mass is 10.1. The Labute approximate surface area is 91.1 Å². The molecule has 0 aliphatic rings. The van der Waals surface area contributed by atoms with Crippen molar-refractivity contribution >= 4 is 0 Å². The van der Waals surface area contributed by atoms with Gasteiger partial charge in [-0.3, -0.25) is 0 Å². The van der Waals surface area contributed by atoms with E-state index >= 15 is 0 Å². The highest BCUT2D eigenvalue weighted by Gasteiger charge is 2.08. The average Bonchev–Trinajstić information content (AvgIpc) is 2.28. The van der Waals surface area contributed by atoms with Crippen molar-refractivity contribution in [2.24, 2.45) is 0 Å². The molecule has 1 heterocycles. The number of hydrogen-bond acceptors (Lipinski definition) is 4. The minimum absolute atomic E-state index is 0.326. The zero-order chi connectivity index (χ0) is 10.9. The Morgan fingerprint density at radius 2 is 2.40 bits per heavy atom. The molecular weight excluding hydrogens is 190 g/mol. The van der Waals surface area contributed by atoms with E-state index in [1.165, 1.54) is 0 Å². The van der Waals surface area contributed by atoms with Crippen molar-refractivity contribution in [3.63, 3.8) is 0 Å². The predicted octanol–water partition coefficient (Wildman–Crippen LogP) is 1.03. The molecule has 84 valence electrons. The predicted molar refractivity (Wildman–Crippen MR) is 59.7 cm³/mol. The first-order valence-electron chi connectivity index (χ1n) is 5.35. The summed E-state index contributed by atoms with van der Waals surface area (Å²) in [6, 6.07) is 4.22. The maximum atomic E-state index is 5.16. The third-order valence-electron chi connectivity index (χ3n) is 2.13. The van der Waals surface area contributed by atoms with E-state index in [0.717, 1.165) is 25.1 Å². The summed E-state index contributed by atoms with van der Waals surface area (Å²) in [4.78, 5) is 0. The molecule has 1 aromatic rings. The Balaban J connectivity index is 2.43. The molecule has 15 heavy (non-hydrogen) atoms. The van der Waals surface area contributed by atoms with Crippen LogP contribution >= 0.6 is 0 Å². The van der Waals surface area contributed by atoms with Crippen LogP contribution in [0.25, 0.3) is 0 Å². The lowest BCUT2D eigenvalue weighted by Crippen LogP contribution is -2.35. The van der Waals surface area contributed by atoms with E-state index in [0.29, 0.717) is 12.6 Å². The molecule has 0 aliphatic heterocycles. The lowest BCUT2D eigenvalue weighted by molar-refractivity contribution is 0.165. The van der Waals surface area contributed by atoms with Gasteiger partial charge in [-0.2, -0.15) is 10.2 Å². The standard InChI is InChI=1S/C11H19N3O/c1-3-6-12-11(9-15-2)8-10-5-4-7-13-14-10/h4-5,7,11-12H,3,6,8-9H2,1-2H3. The SMILES string of the molecule is CCCNC(COC)Cc1cccnn1. The summed E-state index contributed by atoms with van der Waals surface area (Å²) in [5, 5.41) is 11.3. The summed E-state index contributed by atoms with van der Waals surface area (Å²) >= 11 is 0. The molecule has 0 spiro atoms. The summed E-state index contributed by atoms with van der Waals surface area (Å²) in [6.07, 6.45) is 3.68. The van der Waals surface area contributed by atoms with Crippen LogP contribution in [0.3, 0.4) is 0 Å². The monoisotopic (exact) mass is 209 g/mol.